The Kier molecular flexibility index (Phi) is 7.91. The third-order valence-electron chi connectivity index (χ3n) is 5.41. The fourth-order valence-corrected chi connectivity index (χ4v) is 5.15. The molecule has 0 unspecified atom stereocenters. The van der Waals surface area contributed by atoms with Gasteiger partial charge in [0.15, 0.2) is 0 Å². The van der Waals surface area contributed by atoms with Gasteiger partial charge >= 0.3 is 0 Å². The number of ether oxygens (including phenoxy) is 2. The van der Waals surface area contributed by atoms with E-state index in [0.717, 1.165) is 44.6 Å². The first-order valence-corrected chi connectivity index (χ1v) is 12.0. The van der Waals surface area contributed by atoms with E-state index in [1.54, 1.807) is 12.1 Å². The summed E-state index contributed by atoms with van der Waals surface area (Å²) in [5, 5.41) is 2.84. The third-order valence-corrected chi connectivity index (χ3v) is 7.33. The van der Waals surface area contributed by atoms with Crippen molar-refractivity contribution in [1.82, 2.24) is 9.62 Å². The van der Waals surface area contributed by atoms with Crippen LogP contribution in [0, 0.1) is 5.92 Å². The van der Waals surface area contributed by atoms with Crippen molar-refractivity contribution in [2.24, 2.45) is 5.92 Å². The van der Waals surface area contributed by atoms with E-state index < -0.39 is 10.0 Å². The minimum absolute atomic E-state index is 0.0577. The monoisotopic (exact) mass is 424 g/mol. The van der Waals surface area contributed by atoms with E-state index >= 15 is 0 Å². The number of nitrogens with zero attached hydrogens (tertiary/aromatic N) is 1. The molecule has 0 aromatic heterocycles. The molecule has 1 amide bonds. The number of hydrogen-bond acceptors (Lipinski definition) is 5. The molecule has 1 heterocycles. The Balaban J connectivity index is 1.63. The number of carbonyl (C=O) groups is 1. The molecule has 1 aliphatic heterocycles. The summed E-state index contributed by atoms with van der Waals surface area (Å²) in [6, 6.07) is 4.58. The number of methoxy groups -OCH3 is 1. The van der Waals surface area contributed by atoms with Crippen molar-refractivity contribution in [3.8, 4) is 5.75 Å². The number of sulfonamides is 1. The van der Waals surface area contributed by atoms with E-state index in [1.807, 2.05) is 0 Å². The second-order valence-electron chi connectivity index (χ2n) is 7.81. The van der Waals surface area contributed by atoms with Gasteiger partial charge in [-0.1, -0.05) is 12.8 Å². The molecule has 1 aromatic carbocycles. The number of nitrogens with one attached hydrogen (secondary N) is 1. The van der Waals surface area contributed by atoms with Gasteiger partial charge in [0, 0.05) is 38.4 Å². The van der Waals surface area contributed by atoms with Crippen molar-refractivity contribution in [2.75, 3.05) is 40.0 Å². The molecule has 1 aromatic rings. The average Bonchev–Trinajstić information content (AvgIpc) is 3.56. The largest absolute Gasteiger partial charge is 0.495 e. The molecule has 162 valence electrons. The first kappa shape index (κ1) is 22.1. The Morgan fingerprint density at radius 1 is 1.17 bits per heavy atom. The van der Waals surface area contributed by atoms with E-state index in [0.29, 0.717) is 31.8 Å². The number of amides is 1. The summed E-state index contributed by atoms with van der Waals surface area (Å²) in [4.78, 5) is 12.6. The minimum atomic E-state index is -3.71. The zero-order valence-electron chi connectivity index (χ0n) is 17.2. The number of hydrogen-bond donors (Lipinski definition) is 1. The van der Waals surface area contributed by atoms with Crippen LogP contribution in [0.25, 0.3) is 0 Å². The Morgan fingerprint density at radius 2 is 1.90 bits per heavy atom. The highest BCUT2D eigenvalue weighted by atomic mass is 32.2. The summed E-state index contributed by atoms with van der Waals surface area (Å²) in [6.07, 6.45) is 7.03. The zero-order chi connectivity index (χ0) is 20.7. The average molecular weight is 425 g/mol. The number of rotatable bonds is 10. The molecule has 8 heteroatoms. The molecule has 1 N–H and O–H groups in total. The molecule has 0 atom stereocenters. The van der Waals surface area contributed by atoms with Gasteiger partial charge in [0.05, 0.1) is 7.11 Å². The predicted octanol–water partition coefficient (Wildman–Crippen LogP) is 2.81. The van der Waals surface area contributed by atoms with Crippen LogP contribution in [0.3, 0.4) is 0 Å². The van der Waals surface area contributed by atoms with Gasteiger partial charge in [-0.05, 0) is 56.2 Å². The van der Waals surface area contributed by atoms with Gasteiger partial charge in [-0.15, -0.1) is 0 Å². The van der Waals surface area contributed by atoms with Gasteiger partial charge in [-0.2, -0.15) is 4.31 Å². The lowest BCUT2D eigenvalue weighted by molar-refractivity contribution is 0.0937. The Morgan fingerprint density at radius 3 is 2.55 bits per heavy atom. The molecule has 2 aliphatic rings. The third kappa shape index (κ3) is 6.17. The summed E-state index contributed by atoms with van der Waals surface area (Å²) < 4.78 is 38.7. The topological polar surface area (TPSA) is 84.9 Å². The van der Waals surface area contributed by atoms with Gasteiger partial charge in [0.2, 0.25) is 10.0 Å². The van der Waals surface area contributed by atoms with Crippen molar-refractivity contribution >= 4 is 15.9 Å². The Hall–Kier alpha value is -1.64. The van der Waals surface area contributed by atoms with Crippen molar-refractivity contribution in [1.29, 1.82) is 0 Å². The standard InChI is InChI=1S/C21H32N2O5S/c1-27-19-10-9-18(21(24)22-11-6-14-28-16-17-7-8-17)15-20(19)29(25,26)23-12-4-2-3-5-13-23/h9-10,15,17H,2-8,11-14,16H2,1H3,(H,22,24). The van der Waals surface area contributed by atoms with Crippen LogP contribution in [0.5, 0.6) is 5.75 Å². The zero-order valence-corrected chi connectivity index (χ0v) is 18.0. The van der Waals surface area contributed by atoms with Crippen LogP contribution in [0.15, 0.2) is 23.1 Å². The minimum Gasteiger partial charge on any atom is -0.495 e. The quantitative estimate of drug-likeness (QED) is 0.584. The lowest BCUT2D eigenvalue weighted by Crippen LogP contribution is -2.32. The highest BCUT2D eigenvalue weighted by Gasteiger charge is 2.29. The Labute approximate surface area is 173 Å². The molecule has 0 bridgehead atoms. The van der Waals surface area contributed by atoms with Gasteiger partial charge in [-0.3, -0.25) is 4.79 Å². The first-order valence-electron chi connectivity index (χ1n) is 10.6. The van der Waals surface area contributed by atoms with Crippen LogP contribution in [0.1, 0.15) is 55.3 Å². The molecule has 1 saturated carbocycles. The van der Waals surface area contributed by atoms with Crippen LogP contribution >= 0.6 is 0 Å². The van der Waals surface area contributed by atoms with E-state index in [9.17, 15) is 13.2 Å². The van der Waals surface area contributed by atoms with E-state index in [2.05, 4.69) is 5.32 Å². The number of carbonyl (C=O) groups excluding carboxylic acids is 1. The molecular formula is C21H32N2O5S. The van der Waals surface area contributed by atoms with Gasteiger partial charge in [0.25, 0.3) is 5.91 Å². The molecule has 29 heavy (non-hydrogen) atoms. The molecule has 2 fully saturated rings. The molecule has 1 saturated heterocycles. The van der Waals surface area contributed by atoms with Crippen LogP contribution in [-0.4, -0.2) is 58.6 Å². The van der Waals surface area contributed by atoms with Crippen LogP contribution < -0.4 is 10.1 Å². The van der Waals surface area contributed by atoms with E-state index in [-0.39, 0.29) is 16.6 Å². The molecule has 7 nitrogen and oxygen atoms in total. The molecule has 0 spiro atoms. The van der Waals surface area contributed by atoms with Crippen molar-refractivity contribution < 1.29 is 22.7 Å². The van der Waals surface area contributed by atoms with Crippen molar-refractivity contribution in [2.45, 2.75) is 49.8 Å². The van der Waals surface area contributed by atoms with Gasteiger partial charge in [0.1, 0.15) is 10.6 Å². The highest BCUT2D eigenvalue weighted by molar-refractivity contribution is 7.89. The number of benzene rings is 1. The van der Waals surface area contributed by atoms with Crippen molar-refractivity contribution in [3.05, 3.63) is 23.8 Å². The second-order valence-corrected chi connectivity index (χ2v) is 9.72. The van der Waals surface area contributed by atoms with E-state index in [4.69, 9.17) is 9.47 Å². The van der Waals surface area contributed by atoms with E-state index in [1.165, 1.54) is 30.3 Å². The summed E-state index contributed by atoms with van der Waals surface area (Å²) in [5.41, 5.74) is 0.318. The van der Waals surface area contributed by atoms with Crippen LogP contribution in [-0.2, 0) is 14.8 Å². The molecular weight excluding hydrogens is 392 g/mol. The smallest absolute Gasteiger partial charge is 0.251 e. The van der Waals surface area contributed by atoms with Crippen molar-refractivity contribution in [3.63, 3.8) is 0 Å². The lowest BCUT2D eigenvalue weighted by atomic mass is 10.2. The normalized spacial score (nSPS) is 18.2. The predicted molar refractivity (Wildman–Crippen MR) is 111 cm³/mol. The molecule has 1 aliphatic carbocycles. The molecule has 0 radical (unpaired) electrons. The summed E-state index contributed by atoms with van der Waals surface area (Å²) in [5.74, 6) is 0.704. The summed E-state index contributed by atoms with van der Waals surface area (Å²) in [7, 11) is -2.27. The summed E-state index contributed by atoms with van der Waals surface area (Å²) in [6.45, 7) is 2.92. The highest BCUT2D eigenvalue weighted by Crippen LogP contribution is 2.30. The van der Waals surface area contributed by atoms with Gasteiger partial charge < -0.3 is 14.8 Å². The van der Waals surface area contributed by atoms with Crippen LogP contribution in [0.4, 0.5) is 0 Å². The first-order chi connectivity index (χ1) is 14.0. The summed E-state index contributed by atoms with van der Waals surface area (Å²) >= 11 is 0. The maximum absolute atomic E-state index is 13.2. The van der Waals surface area contributed by atoms with Crippen LogP contribution in [0.2, 0.25) is 0 Å². The molecule has 3 rings (SSSR count). The fourth-order valence-electron chi connectivity index (χ4n) is 3.45. The maximum atomic E-state index is 13.2. The fraction of sp³-hybridized carbons (Fsp3) is 0.667. The Bertz CT molecular complexity index is 784. The van der Waals surface area contributed by atoms with Gasteiger partial charge in [-0.25, -0.2) is 8.42 Å². The SMILES string of the molecule is COc1ccc(C(=O)NCCCOCC2CC2)cc1S(=O)(=O)N1CCCCCC1. The second kappa shape index (κ2) is 10.4. The lowest BCUT2D eigenvalue weighted by Gasteiger charge is -2.21. The maximum Gasteiger partial charge on any atom is 0.251 e.